The fraction of sp³-hybridized carbons (Fsp3) is 0.0645. The molecule has 4 nitrogen and oxygen atoms in total. The van der Waals surface area contributed by atoms with E-state index in [-0.39, 0.29) is 0 Å². The Morgan fingerprint density at radius 1 is 0.600 bits per heavy atom. The summed E-state index contributed by atoms with van der Waals surface area (Å²) in [5, 5.41) is 3.51. The van der Waals surface area contributed by atoms with E-state index >= 15 is 0 Å². The van der Waals surface area contributed by atoms with Crippen molar-refractivity contribution in [1.82, 2.24) is 19.4 Å². The Bertz CT molecular complexity index is 2070. The van der Waals surface area contributed by atoms with Crippen molar-refractivity contribution in [3.05, 3.63) is 107 Å². The normalized spacial score (nSPS) is 13.5. The molecule has 3 aromatic carbocycles. The first kappa shape index (κ1) is 17.8. The van der Waals surface area contributed by atoms with Crippen molar-refractivity contribution in [3.8, 4) is 22.3 Å². The van der Waals surface area contributed by atoms with Crippen LogP contribution in [0.5, 0.6) is 0 Å². The van der Waals surface area contributed by atoms with Gasteiger partial charge >= 0.3 is 0 Å². The van der Waals surface area contributed by atoms with E-state index in [0.29, 0.717) is 0 Å². The van der Waals surface area contributed by atoms with Gasteiger partial charge in [-0.2, -0.15) is 0 Å². The molecular formula is C31H18N4. The average Bonchev–Trinajstić information content (AvgIpc) is 3.58. The van der Waals surface area contributed by atoms with Crippen LogP contribution in [0.15, 0.2) is 85.2 Å². The summed E-state index contributed by atoms with van der Waals surface area (Å²) in [5.41, 5.74) is 14.9. The van der Waals surface area contributed by atoms with Gasteiger partial charge in [-0.15, -0.1) is 0 Å². The average molecular weight is 447 g/mol. The van der Waals surface area contributed by atoms with Crippen molar-refractivity contribution in [2.75, 3.05) is 0 Å². The van der Waals surface area contributed by atoms with Crippen LogP contribution in [0.1, 0.15) is 22.3 Å². The number of imidazole rings is 1. The van der Waals surface area contributed by atoms with Crippen LogP contribution < -0.4 is 0 Å². The number of fused-ring (bicyclic) bond motifs is 15. The molecule has 2 aliphatic rings. The number of rotatable bonds is 0. The summed E-state index contributed by atoms with van der Waals surface area (Å²) >= 11 is 0. The molecule has 7 aromatic rings. The molecule has 4 aromatic heterocycles. The maximum absolute atomic E-state index is 4.96. The molecule has 0 radical (unpaired) electrons. The lowest BCUT2D eigenvalue weighted by molar-refractivity contribution is 1.23. The van der Waals surface area contributed by atoms with Gasteiger partial charge in [0.25, 0.3) is 0 Å². The minimum atomic E-state index is 0.756. The van der Waals surface area contributed by atoms with Gasteiger partial charge in [0.2, 0.25) is 0 Å². The Hall–Kier alpha value is -4.57. The molecule has 4 heterocycles. The lowest BCUT2D eigenvalue weighted by Gasteiger charge is -2.12. The van der Waals surface area contributed by atoms with Crippen molar-refractivity contribution in [2.24, 2.45) is 0 Å². The number of aromatic nitrogens is 4. The maximum Gasteiger partial charge on any atom is 0.178 e. The Labute approximate surface area is 200 Å². The summed E-state index contributed by atoms with van der Waals surface area (Å²) in [5.74, 6) is 0. The van der Waals surface area contributed by atoms with E-state index in [1.165, 1.54) is 49.9 Å². The molecule has 4 heteroatoms. The molecule has 0 fully saturated rings. The number of pyridine rings is 3. The van der Waals surface area contributed by atoms with E-state index in [0.717, 1.165) is 46.1 Å². The van der Waals surface area contributed by atoms with Crippen LogP contribution in [0, 0.1) is 0 Å². The predicted molar refractivity (Wildman–Crippen MR) is 140 cm³/mol. The van der Waals surface area contributed by atoms with Gasteiger partial charge in [-0.3, -0.25) is 4.40 Å². The van der Waals surface area contributed by atoms with Crippen LogP contribution in [-0.4, -0.2) is 19.4 Å². The van der Waals surface area contributed by atoms with Gasteiger partial charge in [0.1, 0.15) is 11.3 Å². The van der Waals surface area contributed by atoms with Gasteiger partial charge in [0.05, 0.1) is 5.52 Å². The van der Waals surface area contributed by atoms with Gasteiger partial charge in [0, 0.05) is 23.2 Å². The number of hydrogen-bond donors (Lipinski definition) is 0. The first-order valence-electron chi connectivity index (χ1n) is 12.0. The Morgan fingerprint density at radius 2 is 1.51 bits per heavy atom. The zero-order chi connectivity index (χ0) is 22.7. The van der Waals surface area contributed by atoms with Gasteiger partial charge in [-0.05, 0) is 99.1 Å². The largest absolute Gasteiger partial charge is 0.274 e. The van der Waals surface area contributed by atoms with Crippen LogP contribution in [0.2, 0.25) is 0 Å². The smallest absolute Gasteiger partial charge is 0.178 e. The molecule has 0 atom stereocenters. The monoisotopic (exact) mass is 446 g/mol. The van der Waals surface area contributed by atoms with Crippen molar-refractivity contribution in [1.29, 1.82) is 0 Å². The molecule has 2 aliphatic carbocycles. The maximum atomic E-state index is 4.96. The summed E-state index contributed by atoms with van der Waals surface area (Å²) in [7, 11) is 0. The highest BCUT2D eigenvalue weighted by atomic mass is 15.1. The molecule has 0 amide bonds. The number of nitrogens with zero attached hydrogens (tertiary/aromatic N) is 4. The van der Waals surface area contributed by atoms with E-state index in [4.69, 9.17) is 9.97 Å². The van der Waals surface area contributed by atoms with Crippen LogP contribution in [0.25, 0.3) is 60.9 Å². The minimum Gasteiger partial charge on any atom is -0.274 e. The molecule has 0 saturated carbocycles. The van der Waals surface area contributed by atoms with Crippen molar-refractivity contribution < 1.29 is 0 Å². The second kappa shape index (κ2) is 6.10. The van der Waals surface area contributed by atoms with Crippen molar-refractivity contribution in [2.45, 2.75) is 12.8 Å². The van der Waals surface area contributed by atoms with Crippen molar-refractivity contribution in [3.63, 3.8) is 0 Å². The second-order valence-corrected chi connectivity index (χ2v) is 9.68. The molecule has 162 valence electrons. The highest BCUT2D eigenvalue weighted by Crippen LogP contribution is 2.49. The zero-order valence-electron chi connectivity index (χ0n) is 18.8. The fourth-order valence-corrected chi connectivity index (χ4v) is 6.47. The van der Waals surface area contributed by atoms with E-state index < -0.39 is 0 Å². The topological polar surface area (TPSA) is 43.1 Å². The highest BCUT2D eigenvalue weighted by molar-refractivity contribution is 6.14. The second-order valence-electron chi connectivity index (χ2n) is 9.68. The van der Waals surface area contributed by atoms with E-state index in [2.05, 4.69) is 70.0 Å². The molecule has 0 N–H and O–H groups in total. The quantitative estimate of drug-likeness (QED) is 0.243. The third-order valence-corrected chi connectivity index (χ3v) is 7.93. The predicted octanol–water partition coefficient (Wildman–Crippen LogP) is 6.73. The zero-order valence-corrected chi connectivity index (χ0v) is 18.8. The first-order valence-corrected chi connectivity index (χ1v) is 12.0. The molecular weight excluding hydrogens is 428 g/mol. The Morgan fingerprint density at radius 3 is 2.51 bits per heavy atom. The molecule has 9 rings (SSSR count). The van der Waals surface area contributed by atoms with Gasteiger partial charge in [-0.1, -0.05) is 36.4 Å². The third kappa shape index (κ3) is 2.15. The first-order chi connectivity index (χ1) is 17.3. The van der Waals surface area contributed by atoms with E-state index in [1.54, 1.807) is 6.20 Å². The highest BCUT2D eigenvalue weighted by Gasteiger charge is 2.29. The Kier molecular flexibility index (Phi) is 3.11. The van der Waals surface area contributed by atoms with Gasteiger partial charge < -0.3 is 0 Å². The van der Waals surface area contributed by atoms with E-state index in [1.807, 2.05) is 18.3 Å². The van der Waals surface area contributed by atoms with E-state index in [9.17, 15) is 0 Å². The lowest BCUT2D eigenvalue weighted by Crippen LogP contribution is -1.95. The third-order valence-electron chi connectivity index (χ3n) is 7.93. The molecule has 0 aliphatic heterocycles. The standard InChI is InChI=1S/C31H18N4/c1-2-6-20-17(5-1)14-25-21(20)10-9-18-13-19-15-26-24(16-23(19)28(18)25)22-7-3-12-33-30(22)35-27-8-4-11-32-29(27)34-31(26)35/h1-12,15-16H,13-14H2. The summed E-state index contributed by atoms with van der Waals surface area (Å²) in [6.45, 7) is 0. The summed E-state index contributed by atoms with van der Waals surface area (Å²) in [4.78, 5) is 14.3. The minimum absolute atomic E-state index is 0.756. The fourth-order valence-electron chi connectivity index (χ4n) is 6.47. The van der Waals surface area contributed by atoms with Crippen LogP contribution in [-0.2, 0) is 12.8 Å². The lowest BCUT2D eigenvalue weighted by atomic mass is 9.93. The summed E-state index contributed by atoms with van der Waals surface area (Å²) in [6, 6.07) is 26.5. The van der Waals surface area contributed by atoms with Crippen LogP contribution in [0.3, 0.4) is 0 Å². The summed E-state index contributed by atoms with van der Waals surface area (Å²) in [6.07, 6.45) is 5.63. The van der Waals surface area contributed by atoms with Crippen LogP contribution in [0.4, 0.5) is 0 Å². The molecule has 0 bridgehead atoms. The number of hydrogen-bond acceptors (Lipinski definition) is 3. The molecule has 0 spiro atoms. The molecule has 0 unspecified atom stereocenters. The van der Waals surface area contributed by atoms with Gasteiger partial charge in [-0.25, -0.2) is 15.0 Å². The van der Waals surface area contributed by atoms with Gasteiger partial charge in [0.15, 0.2) is 5.65 Å². The molecule has 35 heavy (non-hydrogen) atoms. The summed E-state index contributed by atoms with van der Waals surface area (Å²) < 4.78 is 2.17. The Balaban J connectivity index is 1.41. The molecule has 0 saturated heterocycles. The number of benzene rings is 3. The van der Waals surface area contributed by atoms with Crippen LogP contribution >= 0.6 is 0 Å². The van der Waals surface area contributed by atoms with Crippen molar-refractivity contribution >= 4 is 38.6 Å². The SMILES string of the molecule is c1ccc2c(c1)Cc1c-2ccc2c1-c1cc3c4cccnc4n4c5cccnc5nc4c3cc1C2.